The topological polar surface area (TPSA) is 403 Å². The predicted octanol–water partition coefficient (Wildman–Crippen LogP) is 15.5. The first-order chi connectivity index (χ1) is 69.7. The van der Waals surface area contributed by atoms with Crippen molar-refractivity contribution in [3.8, 4) is 0 Å². The van der Waals surface area contributed by atoms with Crippen molar-refractivity contribution in [1.29, 1.82) is 0 Å². The van der Waals surface area contributed by atoms with E-state index in [1.54, 1.807) is 130 Å². The number of nitrogens with zero attached hydrogens (tertiary/aromatic N) is 2. The Hall–Kier alpha value is -6.28. The zero-order valence-electron chi connectivity index (χ0n) is 96.9. The van der Waals surface area contributed by atoms with Crippen LogP contribution in [0.2, 0.25) is 0 Å². The van der Waals surface area contributed by atoms with Crippen molar-refractivity contribution in [2.24, 2.45) is 71.0 Å². The first-order valence-corrected chi connectivity index (χ1v) is 53.6. The summed E-state index contributed by atoms with van der Waals surface area (Å²) in [6.07, 6.45) is 13.0. The number of aliphatic hydroxyl groups is 4. The van der Waals surface area contributed by atoms with Gasteiger partial charge in [0.05, 0.1) is 57.1 Å². The van der Waals surface area contributed by atoms with Crippen molar-refractivity contribution in [3.63, 3.8) is 0 Å². The summed E-state index contributed by atoms with van der Waals surface area (Å²) < 4.78 is 190. The van der Waals surface area contributed by atoms with E-state index in [9.17, 15) is 77.5 Å². The summed E-state index contributed by atoms with van der Waals surface area (Å²) in [7, 11) is -8.12. The SMILES string of the molecule is [2H]C([2H])([2H])O[C@H]1C[C@@H]2CC[C@@H](C)[C@@](O)(O2)C(=O)C(=O)N2CCCC[C@H]2C(=O)O[C@H]([C@H](C)C[C@@H]2CC[C@@H](OP(C)(=O)C([2H])([2H])[2H])[C@H](OC)C2)CC(=O)[C@H](C)/C=C(\C)[C@@H](O)[C@@H](OC)C(=O)[C@H](C)C[C@H](C)/C=C/C=CC=C1C.[2H]C([2H])([2H])O[C@H]1C[C@@H]2CC[C@@H](C)[C@@](O)(O2)C(=O)C(=O)N2CCCC[C@H]2C(=O)O[C@H]([C@H](C)C[C@@H]2CC[C@@H](OP(C)(=O)C([2H])([2H])[2H])[C@H](OC)C2)CC(=O)[C@H](C)/C=C(\C)[C@@H](O)[C@@H](OC)C(=O)[C@H](C)C[C@H](C)/C=C/C=CC=C1C. The van der Waals surface area contributed by atoms with Gasteiger partial charge in [0, 0.05) is 152 Å². The molecule has 0 aromatic rings. The summed E-state index contributed by atoms with van der Waals surface area (Å²) in [4.78, 5) is 145. The van der Waals surface area contributed by atoms with Crippen LogP contribution < -0.4 is 0 Å². The Balaban J connectivity index is 0.000000406. The fourth-order valence-electron chi connectivity index (χ4n) is 20.7. The Morgan fingerprint density at radius 1 is 0.457 bits per heavy atom. The minimum Gasteiger partial charge on any atom is -0.460 e. The van der Waals surface area contributed by atoms with Gasteiger partial charge in [-0.2, -0.15) is 0 Å². The molecule has 2 saturated carbocycles. The van der Waals surface area contributed by atoms with Gasteiger partial charge in [-0.05, 0) is 214 Å². The number of amides is 2. The highest BCUT2D eigenvalue weighted by Gasteiger charge is 2.56. The van der Waals surface area contributed by atoms with Crippen LogP contribution in [0.3, 0.4) is 0 Å². The second-order valence-electron chi connectivity index (χ2n) is 40.8. The van der Waals surface area contributed by atoms with Crippen molar-refractivity contribution >= 4 is 73.2 Å². The molecule has 4 saturated heterocycles. The number of carbonyl (C=O) groups excluding carboxylic acids is 10. The molecule has 780 valence electrons. The molecule has 8 rings (SSSR count). The zero-order valence-corrected chi connectivity index (χ0v) is 86.6. The number of ether oxygens (including phenoxy) is 10. The van der Waals surface area contributed by atoms with E-state index >= 15 is 0 Å². The van der Waals surface area contributed by atoms with Gasteiger partial charge in [0.1, 0.15) is 60.3 Å². The highest BCUT2D eigenvalue weighted by atomic mass is 31.2. The van der Waals surface area contributed by atoms with E-state index < -0.39 is 234 Å². The van der Waals surface area contributed by atoms with E-state index in [0.717, 1.165) is 23.1 Å². The van der Waals surface area contributed by atoms with Crippen LogP contribution in [0.5, 0.6) is 0 Å². The van der Waals surface area contributed by atoms with Crippen LogP contribution in [0.25, 0.3) is 0 Å². The third kappa shape index (κ3) is 33.9. The van der Waals surface area contributed by atoms with Crippen LogP contribution in [-0.2, 0) is 113 Å². The number of rotatable bonds is 16. The third-order valence-electron chi connectivity index (χ3n) is 29.3. The third-order valence-corrected chi connectivity index (χ3v) is 30.6. The average Bonchev–Trinajstić information content (AvgIpc) is 0.771. The van der Waals surface area contributed by atoms with E-state index in [4.69, 9.17) is 72.9 Å². The molecule has 4 bridgehead atoms. The van der Waals surface area contributed by atoms with Gasteiger partial charge in [-0.3, -0.25) is 47.5 Å². The normalized spacial score (nSPS) is 40.1. The van der Waals surface area contributed by atoms with E-state index in [1.807, 2.05) is 39.8 Å². The number of fused-ring (bicyclic) bond motifs is 6. The predicted molar refractivity (Wildman–Crippen MR) is 527 cm³/mol. The lowest BCUT2D eigenvalue weighted by atomic mass is 9.78. The largest absolute Gasteiger partial charge is 0.460 e. The van der Waals surface area contributed by atoms with Crippen molar-refractivity contribution in [3.05, 3.63) is 95.2 Å². The fraction of sp³-hybridized carbons (Fsp3) is 0.755. The lowest BCUT2D eigenvalue weighted by Gasteiger charge is -2.42. The van der Waals surface area contributed by atoms with Gasteiger partial charge >= 0.3 is 11.9 Å². The summed E-state index contributed by atoms with van der Waals surface area (Å²) >= 11 is 0. The molecule has 32 heteroatoms. The maximum absolute atomic E-state index is 14.6. The number of hydrogen-bond donors (Lipinski definition) is 4. The van der Waals surface area contributed by atoms with Gasteiger partial charge in [-0.25, -0.2) is 9.59 Å². The number of carbonyl (C=O) groups is 10. The Labute approximate surface area is 838 Å². The van der Waals surface area contributed by atoms with Crippen molar-refractivity contribution in [2.75, 3.05) is 82.1 Å². The Morgan fingerprint density at radius 2 is 0.826 bits per heavy atom. The molecular formula is C106H168N2O28P2. The minimum atomic E-state index is -4.02. The number of esters is 2. The molecule has 32 atom stereocenters. The number of hydrogen-bond acceptors (Lipinski definition) is 28. The molecule has 2 unspecified atom stereocenters. The number of allylic oxidation sites excluding steroid dienone is 12. The number of methoxy groups -OCH3 is 6. The highest BCUT2D eigenvalue weighted by Crippen LogP contribution is 2.48. The standard InChI is InChI=1S/2C53H84NO14P/c2*1-32-18-14-13-15-19-33(2)44(63-8)30-40-23-21-38(7)53(61,67-40)50(58)51(59)54-25-17-16-20-41(54)52(60)66-45(35(4)28-39-22-24-43(46(29-39)64-9)68-69(11,12)62)31-42(55)34(3)27-37(6)48(57)49(65-10)47(56)36(5)26-32/h2*13-15,18-19,27,32,34-36,38-41,43-46,48-49,57,61H,16-17,20-26,28-31H2,1-12H3/b2*15-13?,18-14+,33-19?,37-27+/t2*32-,34-,35-,36-,38-,39+,40+,41+,43-,44+,45+,46-,48-,49+,53-/m11/s1/i2*8D3,11D3/t2*32-,34-,35-,36-,38-,39+,40+,41+,43-,44+,45+,46-,48-,49+,53-,69?. The van der Waals surface area contributed by atoms with Gasteiger partial charge < -0.3 is 86.6 Å². The molecule has 0 aromatic heterocycles. The zero-order chi connectivity index (χ0) is 113. The molecule has 0 spiro atoms. The molecule has 8 aliphatic rings. The molecule has 6 aliphatic heterocycles. The number of Topliss-reactive ketones (excluding diaryl/α,β-unsaturated/α-hetero) is 6. The summed E-state index contributed by atoms with van der Waals surface area (Å²) in [5, 5.41) is 47.1. The lowest BCUT2D eigenvalue weighted by Crippen LogP contribution is -2.61. The smallest absolute Gasteiger partial charge is 0.329 e. The highest BCUT2D eigenvalue weighted by molar-refractivity contribution is 7.57. The maximum Gasteiger partial charge on any atom is 0.329 e. The van der Waals surface area contributed by atoms with E-state index in [2.05, 4.69) is 0 Å². The van der Waals surface area contributed by atoms with E-state index in [0.29, 0.717) is 125 Å². The van der Waals surface area contributed by atoms with Crippen LogP contribution >= 0.6 is 14.7 Å². The van der Waals surface area contributed by atoms with Gasteiger partial charge in [0.15, 0.2) is 26.3 Å². The van der Waals surface area contributed by atoms with Crippen LogP contribution in [0.4, 0.5) is 0 Å². The van der Waals surface area contributed by atoms with Gasteiger partial charge in [0.25, 0.3) is 23.4 Å². The molecule has 2 amide bonds. The molecule has 6 fully saturated rings. The van der Waals surface area contributed by atoms with Gasteiger partial charge in [-0.15, -0.1) is 0 Å². The van der Waals surface area contributed by atoms with Crippen LogP contribution in [0.15, 0.2) is 95.2 Å². The van der Waals surface area contributed by atoms with Crippen molar-refractivity contribution in [1.82, 2.24) is 9.80 Å². The summed E-state index contributed by atoms with van der Waals surface area (Å²) in [5.41, 5.74) is 1.63. The molecule has 6 heterocycles. The van der Waals surface area contributed by atoms with Crippen LogP contribution in [0.1, 0.15) is 267 Å². The molecular weight excluding hydrogens is 1810 g/mol. The minimum absolute atomic E-state index is 0.0269. The van der Waals surface area contributed by atoms with Gasteiger partial charge in [-0.1, -0.05) is 142 Å². The second-order valence-corrected chi connectivity index (χ2v) is 44.6. The summed E-state index contributed by atoms with van der Waals surface area (Å²) in [5.74, 6) is -19.2. The number of aliphatic hydroxyl groups excluding tert-OH is 2. The van der Waals surface area contributed by atoms with Crippen molar-refractivity contribution in [2.45, 2.75) is 360 Å². The molecule has 0 aromatic carbocycles. The van der Waals surface area contributed by atoms with E-state index in [1.165, 1.54) is 28.4 Å². The summed E-state index contributed by atoms with van der Waals surface area (Å²) in [6.45, 7) is 20.4. The fourth-order valence-corrected chi connectivity index (χ4v) is 22.2. The quantitative estimate of drug-likeness (QED) is 0.0482. The Morgan fingerprint density at radius 3 is 1.17 bits per heavy atom. The monoisotopic (exact) mass is 1990 g/mol. The maximum atomic E-state index is 14.6. The molecule has 138 heavy (non-hydrogen) atoms. The number of piperidine rings is 2. The van der Waals surface area contributed by atoms with Gasteiger partial charge in [0.2, 0.25) is 11.6 Å². The number of ketones is 6. The molecule has 0 radical (unpaired) electrons. The first-order valence-electron chi connectivity index (χ1n) is 55.5. The first kappa shape index (κ1) is 100. The molecule has 30 nitrogen and oxygen atoms in total. The average molecular weight is 1990 g/mol. The van der Waals surface area contributed by atoms with Crippen LogP contribution in [-0.4, -0.2) is 280 Å². The molecule has 2 aliphatic carbocycles. The summed E-state index contributed by atoms with van der Waals surface area (Å²) in [6, 6.07) is -2.56. The Bertz CT molecular complexity index is 4620. The Kier molecular flexibility index (Phi) is 40.1. The van der Waals surface area contributed by atoms with Crippen molar-refractivity contribution < 1.29 is 150 Å². The second kappa shape index (κ2) is 55.1. The van der Waals surface area contributed by atoms with Crippen LogP contribution in [0, 0.1) is 71.0 Å². The number of cyclic esters (lactones) is 2. The lowest BCUT2D eigenvalue weighted by molar-refractivity contribution is -0.265. The van der Waals surface area contributed by atoms with E-state index in [-0.39, 0.29) is 111 Å². The molecule has 4 N–H and O–H groups in total.